The molecule has 0 bridgehead atoms. The molecule has 0 spiro atoms. The first kappa shape index (κ1) is 34.2. The van der Waals surface area contributed by atoms with Gasteiger partial charge in [0.1, 0.15) is 31.4 Å². The molecule has 0 aromatic rings. The number of hydrogen-bond acceptors (Lipinski definition) is 11. The molecule has 214 valence electrons. The maximum Gasteiger partial charge on any atom is 0.337 e. The van der Waals surface area contributed by atoms with E-state index in [1.807, 2.05) is 0 Å². The van der Waals surface area contributed by atoms with Crippen molar-refractivity contribution in [2.75, 3.05) is 60.1 Å². The molecule has 3 unspecified atom stereocenters. The van der Waals surface area contributed by atoms with Crippen LogP contribution >= 0.6 is 0 Å². The Morgan fingerprint density at radius 1 is 0.757 bits per heavy atom. The van der Waals surface area contributed by atoms with E-state index < -0.39 is 67.4 Å². The van der Waals surface area contributed by atoms with Crippen molar-refractivity contribution in [1.82, 2.24) is 16.1 Å². The van der Waals surface area contributed by atoms with Crippen LogP contribution in [0.15, 0.2) is 0 Å². The van der Waals surface area contributed by atoms with Crippen LogP contribution in [0.2, 0.25) is 0 Å². The predicted octanol–water partition coefficient (Wildman–Crippen LogP) is -0.831. The van der Waals surface area contributed by atoms with E-state index in [-0.39, 0.29) is 45.6 Å². The highest BCUT2D eigenvalue weighted by Crippen LogP contribution is 2.04. The number of ketones is 1. The van der Waals surface area contributed by atoms with Crippen LogP contribution in [-0.2, 0) is 47.8 Å². The molecule has 0 heterocycles. The first-order valence-corrected chi connectivity index (χ1v) is 11.6. The van der Waals surface area contributed by atoms with Crippen LogP contribution in [-0.4, -0.2) is 108 Å². The first-order valence-electron chi connectivity index (χ1n) is 11.6. The molecule has 15 heteroatoms. The number of carbonyl (C=O) groups excluding carboxylic acids is 5. The molecule has 0 aromatic carbocycles. The summed E-state index contributed by atoms with van der Waals surface area (Å²) in [6, 6.07) is -3.37. The van der Waals surface area contributed by atoms with E-state index in [2.05, 4.69) is 25.6 Å². The van der Waals surface area contributed by atoms with Gasteiger partial charge >= 0.3 is 11.9 Å². The smallest absolute Gasteiger partial charge is 0.337 e. The largest absolute Gasteiger partial charge is 0.469 e. The lowest BCUT2D eigenvalue weighted by Crippen LogP contribution is -2.55. The average Bonchev–Trinajstić information content (AvgIpc) is 2.87. The summed E-state index contributed by atoms with van der Waals surface area (Å²) in [4.78, 5) is 64.0. The quantitative estimate of drug-likeness (QED) is 0.0942. The molecule has 0 aliphatic heterocycles. The summed E-state index contributed by atoms with van der Waals surface area (Å²) in [5.41, 5.74) is 2.60. The van der Waals surface area contributed by atoms with Gasteiger partial charge in [0.05, 0.1) is 46.6 Å². The van der Waals surface area contributed by atoms with E-state index >= 15 is 0 Å². The zero-order valence-corrected chi connectivity index (χ0v) is 21.5. The number of ether oxygens (including phenoxy) is 4. The molecule has 0 radical (unpaired) electrons. The minimum atomic E-state index is -1.42. The van der Waals surface area contributed by atoms with Gasteiger partial charge in [0.2, 0.25) is 11.8 Å². The standard InChI is InChI=1S/C22H37F2N3O10/c1-14(2)20(27-37-10-8-35-6-5-34-7-9-36-19(30)13-24)22(32)25-15(3)21(31)26-16(17(28)12-23)11-18(29)33-4/h14-16,20,27H,5-13H2,1-4H3,(H,25,32)(H,26,31). The van der Waals surface area contributed by atoms with E-state index in [1.165, 1.54) is 6.92 Å². The van der Waals surface area contributed by atoms with Crippen LogP contribution in [0.4, 0.5) is 8.78 Å². The van der Waals surface area contributed by atoms with Gasteiger partial charge < -0.3 is 29.6 Å². The van der Waals surface area contributed by atoms with Crippen molar-refractivity contribution < 1.29 is 56.5 Å². The highest BCUT2D eigenvalue weighted by Gasteiger charge is 2.29. The number of halogens is 2. The number of hydroxylamine groups is 1. The summed E-state index contributed by atoms with van der Waals surface area (Å²) < 4.78 is 44.0. The number of nitrogens with one attached hydrogen (secondary N) is 3. The van der Waals surface area contributed by atoms with Gasteiger partial charge in [-0.05, 0) is 12.8 Å². The Labute approximate surface area is 214 Å². The first-order chi connectivity index (χ1) is 17.6. The van der Waals surface area contributed by atoms with Crippen molar-refractivity contribution in [2.24, 2.45) is 5.92 Å². The molecular formula is C22H37F2N3O10. The van der Waals surface area contributed by atoms with Crippen molar-refractivity contribution in [3.05, 3.63) is 0 Å². The molecule has 37 heavy (non-hydrogen) atoms. The predicted molar refractivity (Wildman–Crippen MR) is 123 cm³/mol. The Morgan fingerprint density at radius 2 is 1.35 bits per heavy atom. The summed E-state index contributed by atoms with van der Waals surface area (Å²) in [6.07, 6.45) is -0.542. The monoisotopic (exact) mass is 541 g/mol. The molecule has 0 aromatic heterocycles. The molecule has 0 rings (SSSR count). The lowest BCUT2D eigenvalue weighted by Gasteiger charge is -2.24. The maximum absolute atomic E-state index is 12.8. The Balaban J connectivity index is 4.37. The van der Waals surface area contributed by atoms with E-state index in [9.17, 15) is 32.8 Å². The zero-order chi connectivity index (χ0) is 28.2. The fraction of sp³-hybridized carbons (Fsp3) is 0.773. The second-order valence-corrected chi connectivity index (χ2v) is 7.94. The highest BCUT2D eigenvalue weighted by molar-refractivity contribution is 5.95. The van der Waals surface area contributed by atoms with Crippen LogP contribution in [0.1, 0.15) is 27.2 Å². The Morgan fingerprint density at radius 3 is 1.89 bits per heavy atom. The van der Waals surface area contributed by atoms with Gasteiger partial charge in [0.15, 0.2) is 12.5 Å². The number of amides is 2. The third-order valence-electron chi connectivity index (χ3n) is 4.65. The number of Topliss-reactive ketones (excluding diaryl/α,β-unsaturated/α-hetero) is 1. The van der Waals surface area contributed by atoms with Crippen molar-refractivity contribution in [3.8, 4) is 0 Å². The molecule has 3 N–H and O–H groups in total. The van der Waals surface area contributed by atoms with Gasteiger partial charge in [-0.15, -0.1) is 0 Å². The molecule has 3 atom stereocenters. The second kappa shape index (κ2) is 20.3. The maximum atomic E-state index is 12.8. The van der Waals surface area contributed by atoms with Gasteiger partial charge in [-0.1, -0.05) is 13.8 Å². The molecule has 2 amide bonds. The number of methoxy groups -OCH3 is 1. The molecule has 0 aliphatic rings. The van der Waals surface area contributed by atoms with Gasteiger partial charge in [-0.2, -0.15) is 5.48 Å². The average molecular weight is 542 g/mol. The Kier molecular flexibility index (Phi) is 18.8. The number of hydrogen-bond donors (Lipinski definition) is 3. The number of alkyl halides is 2. The highest BCUT2D eigenvalue weighted by atomic mass is 19.1. The van der Waals surface area contributed by atoms with E-state index in [4.69, 9.17) is 14.3 Å². The number of rotatable bonds is 21. The summed E-state index contributed by atoms with van der Waals surface area (Å²) in [5.74, 6) is -4.36. The SMILES string of the molecule is COC(=O)CC(NC(=O)C(C)NC(=O)C(NOCCOCCOCCOC(=O)CF)C(C)C)C(=O)CF. The molecule has 0 saturated heterocycles. The summed E-state index contributed by atoms with van der Waals surface area (Å²) in [6.45, 7) is 3.03. The second-order valence-electron chi connectivity index (χ2n) is 7.94. The molecule has 0 aliphatic carbocycles. The van der Waals surface area contributed by atoms with Gasteiger partial charge in [0.25, 0.3) is 0 Å². The summed E-state index contributed by atoms with van der Waals surface area (Å²) >= 11 is 0. The topological polar surface area (TPSA) is 168 Å². The van der Waals surface area contributed by atoms with Crippen molar-refractivity contribution in [3.63, 3.8) is 0 Å². The molecule has 13 nitrogen and oxygen atoms in total. The molecule has 0 fully saturated rings. The van der Waals surface area contributed by atoms with E-state index in [1.54, 1.807) is 13.8 Å². The Hall–Kier alpha value is -2.75. The zero-order valence-electron chi connectivity index (χ0n) is 21.5. The van der Waals surface area contributed by atoms with Crippen LogP contribution in [0.3, 0.4) is 0 Å². The molecular weight excluding hydrogens is 504 g/mol. The van der Waals surface area contributed by atoms with Crippen molar-refractivity contribution in [2.45, 2.75) is 45.3 Å². The third-order valence-corrected chi connectivity index (χ3v) is 4.65. The summed E-state index contributed by atoms with van der Waals surface area (Å²) in [7, 11) is 1.09. The summed E-state index contributed by atoms with van der Waals surface area (Å²) in [5, 5.41) is 4.71. The Bertz CT molecular complexity index is 727. The van der Waals surface area contributed by atoms with Crippen molar-refractivity contribution in [1.29, 1.82) is 0 Å². The lowest BCUT2D eigenvalue weighted by atomic mass is 10.0. The fourth-order valence-corrected chi connectivity index (χ4v) is 2.57. The number of carbonyl (C=O) groups is 5. The van der Waals surface area contributed by atoms with Gasteiger partial charge in [-0.3, -0.25) is 24.0 Å². The van der Waals surface area contributed by atoms with Crippen LogP contribution in [0.25, 0.3) is 0 Å². The van der Waals surface area contributed by atoms with Crippen LogP contribution in [0.5, 0.6) is 0 Å². The van der Waals surface area contributed by atoms with Crippen LogP contribution in [0, 0.1) is 5.92 Å². The van der Waals surface area contributed by atoms with Gasteiger partial charge in [0, 0.05) is 0 Å². The third kappa shape index (κ3) is 15.9. The lowest BCUT2D eigenvalue weighted by molar-refractivity contribution is -0.146. The number of esters is 2. The van der Waals surface area contributed by atoms with Gasteiger partial charge in [-0.25, -0.2) is 13.6 Å². The normalized spacial score (nSPS) is 13.4. The minimum absolute atomic E-state index is 0.0570. The molecule has 0 saturated carbocycles. The van der Waals surface area contributed by atoms with Crippen molar-refractivity contribution >= 4 is 29.5 Å². The fourth-order valence-electron chi connectivity index (χ4n) is 2.57. The minimum Gasteiger partial charge on any atom is -0.469 e. The van der Waals surface area contributed by atoms with Crippen LogP contribution < -0.4 is 16.1 Å². The van der Waals surface area contributed by atoms with E-state index in [0.717, 1.165) is 7.11 Å². The van der Waals surface area contributed by atoms with E-state index in [0.29, 0.717) is 0 Å².